The van der Waals surface area contributed by atoms with Gasteiger partial charge in [0.25, 0.3) is 5.56 Å². The van der Waals surface area contributed by atoms with Crippen LogP contribution in [0, 0.1) is 29.0 Å². The molecule has 0 spiro atoms. The summed E-state index contributed by atoms with van der Waals surface area (Å²) in [6.45, 7) is 13.6. The maximum atomic E-state index is 14.4. The van der Waals surface area contributed by atoms with Crippen LogP contribution in [0.5, 0.6) is 5.75 Å². The molecule has 7 rings (SSSR count). The van der Waals surface area contributed by atoms with E-state index in [4.69, 9.17) is 14.7 Å². The molecule has 2 bridgehead atoms. The van der Waals surface area contributed by atoms with Crippen LogP contribution in [0.2, 0.25) is 0 Å². The summed E-state index contributed by atoms with van der Waals surface area (Å²) in [7, 11) is 1.50. The number of benzene rings is 1. The van der Waals surface area contributed by atoms with E-state index in [2.05, 4.69) is 55.1 Å². The number of hydrogen-bond donors (Lipinski definition) is 2. The molecule has 3 saturated carbocycles. The second-order valence-corrected chi connectivity index (χ2v) is 13.5. The largest absolute Gasteiger partial charge is 0.497 e. The molecule has 3 aromatic rings. The van der Waals surface area contributed by atoms with Gasteiger partial charge < -0.3 is 20.3 Å². The number of aliphatic imine (C=N–C) groups is 1. The van der Waals surface area contributed by atoms with Gasteiger partial charge in [-0.15, -0.1) is 0 Å². The van der Waals surface area contributed by atoms with Gasteiger partial charge in [0.2, 0.25) is 0 Å². The number of anilines is 1. The lowest BCUT2D eigenvalue weighted by Gasteiger charge is -2.61. The zero-order valence-corrected chi connectivity index (χ0v) is 26.1. The first-order valence-electron chi connectivity index (χ1n) is 15.6. The minimum Gasteiger partial charge on any atom is -0.497 e. The van der Waals surface area contributed by atoms with Gasteiger partial charge in [0, 0.05) is 37.8 Å². The van der Waals surface area contributed by atoms with Crippen LogP contribution in [0.25, 0.3) is 11.0 Å². The lowest BCUT2D eigenvalue weighted by atomic mass is 9.45. The van der Waals surface area contributed by atoms with Crippen molar-refractivity contribution in [3.8, 4) is 5.75 Å². The lowest BCUT2D eigenvalue weighted by Crippen LogP contribution is -2.59. The third kappa shape index (κ3) is 5.73. The SMILES string of the molecule is COc1ccc(CCn2cnc3nc(NC(=N[C@H]4C[C@H]5C[C@@H]([C@@H]4C)C5(C)C)N4C[C@@H](C)N[C@@H](C)C4)ccc3c2=O)c(F)c1. The van der Waals surface area contributed by atoms with Crippen molar-refractivity contribution in [2.24, 2.45) is 28.2 Å². The Kier molecular flexibility index (Phi) is 7.91. The van der Waals surface area contributed by atoms with E-state index in [1.165, 1.54) is 30.5 Å². The fourth-order valence-electron chi connectivity index (χ4n) is 7.63. The van der Waals surface area contributed by atoms with Gasteiger partial charge in [-0.05, 0) is 80.0 Å². The Hall–Kier alpha value is -3.53. The van der Waals surface area contributed by atoms with E-state index < -0.39 is 0 Å². The highest BCUT2D eigenvalue weighted by Gasteiger charge is 2.56. The molecule has 2 N–H and O–H groups in total. The van der Waals surface area contributed by atoms with Gasteiger partial charge in [-0.3, -0.25) is 9.36 Å². The number of piperazine rings is 1. The smallest absolute Gasteiger partial charge is 0.262 e. The summed E-state index contributed by atoms with van der Waals surface area (Å²) in [5.74, 6) is 3.51. The first-order valence-corrected chi connectivity index (χ1v) is 15.6. The predicted octanol–water partition coefficient (Wildman–Crippen LogP) is 4.70. The molecule has 1 aromatic carbocycles. The first-order chi connectivity index (χ1) is 20.5. The van der Waals surface area contributed by atoms with Gasteiger partial charge >= 0.3 is 0 Å². The molecule has 9 nitrogen and oxygen atoms in total. The summed E-state index contributed by atoms with van der Waals surface area (Å²) in [4.78, 5) is 30.2. The van der Waals surface area contributed by atoms with Gasteiger partial charge in [0.05, 0.1) is 24.9 Å². The normalized spacial score (nSPS) is 28.4. The monoisotopic (exact) mass is 589 g/mol. The van der Waals surface area contributed by atoms with Crippen LogP contribution in [0.15, 0.2) is 46.4 Å². The fourth-order valence-corrected chi connectivity index (χ4v) is 7.63. The summed E-state index contributed by atoms with van der Waals surface area (Å²) in [6, 6.07) is 9.29. The Bertz CT molecular complexity index is 1580. The number of aryl methyl sites for hydroxylation is 2. The van der Waals surface area contributed by atoms with Gasteiger partial charge in [0.15, 0.2) is 11.6 Å². The van der Waals surface area contributed by atoms with Crippen molar-refractivity contribution < 1.29 is 9.13 Å². The molecule has 3 heterocycles. The second kappa shape index (κ2) is 11.5. The van der Waals surface area contributed by atoms with Crippen LogP contribution in [0.3, 0.4) is 0 Å². The van der Waals surface area contributed by atoms with Crippen LogP contribution in [-0.4, -0.2) is 63.7 Å². The average molecular weight is 590 g/mol. The highest BCUT2D eigenvalue weighted by atomic mass is 19.1. The number of pyridine rings is 1. The summed E-state index contributed by atoms with van der Waals surface area (Å²) in [5, 5.41) is 7.57. The Balaban J connectivity index is 1.23. The average Bonchev–Trinajstić information content (AvgIpc) is 2.97. The number of halogens is 1. The van der Waals surface area contributed by atoms with Gasteiger partial charge in [-0.1, -0.05) is 26.8 Å². The molecule has 4 fully saturated rings. The number of methoxy groups -OCH3 is 1. The van der Waals surface area contributed by atoms with E-state index in [1.807, 2.05) is 6.07 Å². The van der Waals surface area contributed by atoms with Crippen molar-refractivity contribution in [1.29, 1.82) is 0 Å². The predicted molar refractivity (Wildman–Crippen MR) is 168 cm³/mol. The summed E-state index contributed by atoms with van der Waals surface area (Å²) in [6.07, 6.45) is 4.28. The van der Waals surface area contributed by atoms with Crippen molar-refractivity contribution in [3.05, 3.63) is 58.4 Å². The van der Waals surface area contributed by atoms with Gasteiger partial charge in [0.1, 0.15) is 17.4 Å². The molecule has 1 saturated heterocycles. The molecule has 1 aliphatic heterocycles. The van der Waals surface area contributed by atoms with Gasteiger partial charge in [-0.25, -0.2) is 19.4 Å². The second-order valence-electron chi connectivity index (χ2n) is 13.5. The van der Waals surface area contributed by atoms with E-state index >= 15 is 0 Å². The summed E-state index contributed by atoms with van der Waals surface area (Å²) in [5.41, 5.74) is 1.09. The molecule has 0 radical (unpaired) electrons. The minimum absolute atomic E-state index is 0.200. The van der Waals surface area contributed by atoms with Crippen molar-refractivity contribution >= 4 is 22.8 Å². The van der Waals surface area contributed by atoms with Crippen LogP contribution in [0.4, 0.5) is 10.2 Å². The Labute approximate surface area is 253 Å². The van der Waals surface area contributed by atoms with Crippen molar-refractivity contribution in [2.45, 2.75) is 78.6 Å². The summed E-state index contributed by atoms with van der Waals surface area (Å²) >= 11 is 0. The van der Waals surface area contributed by atoms with Crippen molar-refractivity contribution in [3.63, 3.8) is 0 Å². The molecule has 6 atom stereocenters. The Morgan fingerprint density at radius 2 is 1.93 bits per heavy atom. The van der Waals surface area contributed by atoms with Crippen molar-refractivity contribution in [1.82, 2.24) is 24.8 Å². The van der Waals surface area contributed by atoms with Crippen LogP contribution in [-0.2, 0) is 13.0 Å². The quantitative estimate of drug-likeness (QED) is 0.318. The number of ether oxygens (including phenoxy) is 1. The number of fused-ring (bicyclic) bond motifs is 3. The molecule has 230 valence electrons. The summed E-state index contributed by atoms with van der Waals surface area (Å²) < 4.78 is 21.0. The van der Waals surface area contributed by atoms with E-state index in [0.29, 0.717) is 70.5 Å². The maximum absolute atomic E-state index is 14.4. The number of aromatic nitrogens is 3. The molecule has 4 aliphatic rings. The van der Waals surface area contributed by atoms with Crippen LogP contribution >= 0.6 is 0 Å². The Morgan fingerprint density at radius 1 is 1.16 bits per heavy atom. The molecule has 2 aromatic heterocycles. The molecule has 3 aliphatic carbocycles. The molecule has 10 heteroatoms. The topological polar surface area (TPSA) is 96.7 Å². The van der Waals surface area contributed by atoms with E-state index in [9.17, 15) is 9.18 Å². The molecular weight excluding hydrogens is 545 g/mol. The number of nitrogens with one attached hydrogen (secondary N) is 2. The number of hydrogen-bond acceptors (Lipinski definition) is 6. The zero-order chi connectivity index (χ0) is 30.5. The number of guanidine groups is 1. The Morgan fingerprint density at radius 3 is 2.60 bits per heavy atom. The van der Waals surface area contributed by atoms with Crippen LogP contribution in [0.1, 0.15) is 53.0 Å². The lowest BCUT2D eigenvalue weighted by molar-refractivity contribution is -0.108. The van der Waals surface area contributed by atoms with Gasteiger partial charge in [-0.2, -0.15) is 0 Å². The molecule has 0 amide bonds. The molecular formula is C33H44FN7O2. The zero-order valence-electron chi connectivity index (χ0n) is 26.1. The third-order valence-electron chi connectivity index (χ3n) is 10.3. The molecule has 43 heavy (non-hydrogen) atoms. The third-order valence-corrected chi connectivity index (χ3v) is 10.3. The van der Waals surface area contributed by atoms with Crippen molar-refractivity contribution in [2.75, 3.05) is 25.5 Å². The number of nitrogens with zero attached hydrogens (tertiary/aromatic N) is 5. The minimum atomic E-state index is -0.354. The standard InChI is InChI=1S/C33H44FN7O2/c1-19-16-41(17-20(2)36-19)32(37-28-14-23-13-26(21(28)3)33(23,4)5)39-29-10-9-25-30(38-29)35-18-40(31(25)42)12-11-22-7-8-24(43-6)15-27(22)34/h7-10,15,18-21,23,26,28,36H,11-14,16-17H2,1-6H3,(H,37,38,39)/t19-,20+,21-,23+,26-,28-/m0/s1. The van der Waals surface area contributed by atoms with E-state index in [1.54, 1.807) is 18.2 Å². The molecule has 0 unspecified atom stereocenters. The highest BCUT2D eigenvalue weighted by Crippen LogP contribution is 2.61. The first kappa shape index (κ1) is 29.5. The van der Waals surface area contributed by atoms with Crippen LogP contribution < -0.4 is 20.9 Å². The van der Waals surface area contributed by atoms with E-state index in [0.717, 1.165) is 31.4 Å². The highest BCUT2D eigenvalue weighted by molar-refractivity contribution is 5.94. The fraction of sp³-hybridized carbons (Fsp3) is 0.576. The maximum Gasteiger partial charge on any atom is 0.262 e. The number of rotatable bonds is 6. The van der Waals surface area contributed by atoms with E-state index in [-0.39, 0.29) is 17.4 Å².